The predicted octanol–water partition coefficient (Wildman–Crippen LogP) is 1.47. The van der Waals surface area contributed by atoms with Crippen molar-refractivity contribution in [3.05, 3.63) is 58.8 Å². The quantitative estimate of drug-likeness (QED) is 0.630. The number of carbonyl (C=O) groups excluding carboxylic acids is 2. The van der Waals surface area contributed by atoms with E-state index in [0.29, 0.717) is 48.1 Å². The van der Waals surface area contributed by atoms with Crippen LogP contribution in [0, 0.1) is 0 Å². The molecule has 1 aliphatic rings. The number of rotatable bonds is 4. The van der Waals surface area contributed by atoms with Crippen molar-refractivity contribution < 1.29 is 14.3 Å². The summed E-state index contributed by atoms with van der Waals surface area (Å²) < 4.78 is 7.12. The Morgan fingerprint density at radius 1 is 0.966 bits per heavy atom. The van der Waals surface area contributed by atoms with Crippen LogP contribution in [0.2, 0.25) is 0 Å². The van der Waals surface area contributed by atoms with Gasteiger partial charge in [0.15, 0.2) is 5.43 Å². The summed E-state index contributed by atoms with van der Waals surface area (Å²) in [7, 11) is 1.63. The topological polar surface area (TPSA) is 71.8 Å². The fourth-order valence-corrected chi connectivity index (χ4v) is 3.71. The second kappa shape index (κ2) is 8.05. The van der Waals surface area contributed by atoms with Gasteiger partial charge in [-0.15, -0.1) is 0 Å². The van der Waals surface area contributed by atoms with Crippen LogP contribution in [-0.4, -0.2) is 66.1 Å². The van der Waals surface area contributed by atoms with Crippen molar-refractivity contribution >= 4 is 33.6 Å². The summed E-state index contributed by atoms with van der Waals surface area (Å²) in [6.07, 6.45) is 0. The van der Waals surface area contributed by atoms with Gasteiger partial charge in [0.05, 0.1) is 30.8 Å². The lowest BCUT2D eigenvalue weighted by molar-refractivity contribution is -0.142. The minimum absolute atomic E-state index is 0.0227. The lowest BCUT2D eigenvalue weighted by Gasteiger charge is -2.29. The molecule has 0 bridgehead atoms. The molecular weight excluding hydrogens is 370 g/mol. The molecule has 4 rings (SSSR count). The Morgan fingerprint density at radius 3 is 2.10 bits per heavy atom. The summed E-state index contributed by atoms with van der Waals surface area (Å²) in [5.41, 5.74) is 1.37. The lowest BCUT2D eigenvalue weighted by Crippen LogP contribution is -2.46. The zero-order valence-electron chi connectivity index (χ0n) is 16.3. The van der Waals surface area contributed by atoms with Crippen LogP contribution in [0.25, 0.3) is 21.8 Å². The van der Waals surface area contributed by atoms with Gasteiger partial charge in [0.1, 0.15) is 6.54 Å². The molecule has 0 saturated carbocycles. The monoisotopic (exact) mass is 393 g/mol. The molecule has 3 aromatic rings. The van der Waals surface area contributed by atoms with Crippen molar-refractivity contribution in [1.82, 2.24) is 14.4 Å². The number of benzene rings is 2. The maximum Gasteiger partial charge on any atom is 0.242 e. The largest absolute Gasteiger partial charge is 0.378 e. The first-order valence-electron chi connectivity index (χ1n) is 9.66. The number of nitrogens with zero attached hydrogens (tertiary/aromatic N) is 3. The number of para-hydroxylation sites is 2. The number of pyridine rings is 1. The molecule has 0 spiro atoms. The Labute approximate surface area is 168 Å². The molecule has 2 heterocycles. The smallest absolute Gasteiger partial charge is 0.242 e. The number of hydrogen-bond donors (Lipinski definition) is 0. The molecule has 1 aromatic heterocycles. The second-order valence-electron chi connectivity index (χ2n) is 7.19. The van der Waals surface area contributed by atoms with Gasteiger partial charge < -0.3 is 19.1 Å². The van der Waals surface area contributed by atoms with E-state index in [0.717, 1.165) is 0 Å². The van der Waals surface area contributed by atoms with E-state index in [-0.39, 0.29) is 30.3 Å². The zero-order chi connectivity index (χ0) is 20.4. The third-order valence-electron chi connectivity index (χ3n) is 5.33. The van der Waals surface area contributed by atoms with Crippen LogP contribution < -0.4 is 5.43 Å². The lowest BCUT2D eigenvalue weighted by atomic mass is 10.1. The second-order valence-corrected chi connectivity index (χ2v) is 7.19. The normalized spacial score (nSPS) is 14.3. The molecular formula is C22H23N3O4. The average molecular weight is 393 g/mol. The van der Waals surface area contributed by atoms with Gasteiger partial charge in [0.25, 0.3) is 0 Å². The molecule has 0 aliphatic carbocycles. The summed E-state index contributed by atoms with van der Waals surface area (Å²) in [4.78, 5) is 41.4. The van der Waals surface area contributed by atoms with Crippen LogP contribution in [0.3, 0.4) is 0 Å². The van der Waals surface area contributed by atoms with Crippen LogP contribution in [-0.2, 0) is 20.9 Å². The van der Waals surface area contributed by atoms with Gasteiger partial charge in [-0.1, -0.05) is 24.3 Å². The molecule has 7 nitrogen and oxygen atoms in total. The molecule has 7 heteroatoms. The molecule has 0 atom stereocenters. The van der Waals surface area contributed by atoms with Gasteiger partial charge in [-0.3, -0.25) is 14.4 Å². The van der Waals surface area contributed by atoms with Crippen molar-refractivity contribution in [3.8, 4) is 0 Å². The maximum atomic E-state index is 12.9. The van der Waals surface area contributed by atoms with E-state index < -0.39 is 0 Å². The van der Waals surface area contributed by atoms with E-state index in [2.05, 4.69) is 0 Å². The van der Waals surface area contributed by atoms with Crippen molar-refractivity contribution in [1.29, 1.82) is 0 Å². The third kappa shape index (κ3) is 3.73. The van der Waals surface area contributed by atoms with Crippen LogP contribution in [0.1, 0.15) is 0 Å². The highest BCUT2D eigenvalue weighted by molar-refractivity contribution is 5.95. The Morgan fingerprint density at radius 2 is 1.52 bits per heavy atom. The molecule has 0 N–H and O–H groups in total. The Balaban J connectivity index is 1.62. The predicted molar refractivity (Wildman–Crippen MR) is 111 cm³/mol. The van der Waals surface area contributed by atoms with Crippen LogP contribution in [0.15, 0.2) is 53.3 Å². The number of hydrogen-bond acceptors (Lipinski definition) is 4. The molecule has 1 fully saturated rings. The van der Waals surface area contributed by atoms with Crippen LogP contribution in [0.4, 0.5) is 0 Å². The number of carbonyl (C=O) groups is 2. The van der Waals surface area contributed by atoms with E-state index in [9.17, 15) is 14.4 Å². The molecule has 1 aliphatic heterocycles. The highest BCUT2D eigenvalue weighted by atomic mass is 16.5. The number of amides is 2. The van der Waals surface area contributed by atoms with Crippen molar-refractivity contribution in [2.24, 2.45) is 0 Å². The first-order valence-corrected chi connectivity index (χ1v) is 9.66. The van der Waals surface area contributed by atoms with Gasteiger partial charge >= 0.3 is 0 Å². The summed E-state index contributed by atoms with van der Waals surface area (Å²) in [6.45, 7) is 2.23. The third-order valence-corrected chi connectivity index (χ3v) is 5.33. The zero-order valence-corrected chi connectivity index (χ0v) is 16.3. The first kappa shape index (κ1) is 19.1. The Kier molecular flexibility index (Phi) is 5.31. The molecule has 1 saturated heterocycles. The summed E-state index contributed by atoms with van der Waals surface area (Å²) in [5, 5.41) is 1.15. The maximum absolute atomic E-state index is 12.9. The first-order chi connectivity index (χ1) is 14.1. The minimum atomic E-state index is -0.189. The number of aromatic nitrogens is 1. The van der Waals surface area contributed by atoms with E-state index in [4.69, 9.17) is 4.74 Å². The van der Waals surface area contributed by atoms with Crippen molar-refractivity contribution in [2.75, 3.05) is 39.9 Å². The van der Waals surface area contributed by atoms with E-state index in [1.54, 1.807) is 24.1 Å². The number of ether oxygens (including phenoxy) is 1. The molecule has 150 valence electrons. The highest BCUT2D eigenvalue weighted by Gasteiger charge is 2.21. The molecule has 29 heavy (non-hydrogen) atoms. The Bertz CT molecular complexity index is 1070. The van der Waals surface area contributed by atoms with Gasteiger partial charge in [-0.05, 0) is 24.3 Å². The van der Waals surface area contributed by atoms with Crippen molar-refractivity contribution in [3.63, 3.8) is 0 Å². The standard InChI is InChI=1S/C22H23N3O4/c1-23(14-21(27)24-10-12-29-13-11-24)20(26)15-25-18-8-4-2-6-16(18)22(28)17-7-3-5-9-19(17)25/h2-9H,10-15H2,1H3. The van der Waals surface area contributed by atoms with Gasteiger partial charge in [0, 0.05) is 30.9 Å². The fourth-order valence-electron chi connectivity index (χ4n) is 3.71. The van der Waals surface area contributed by atoms with Gasteiger partial charge in [-0.25, -0.2) is 0 Å². The number of fused-ring (bicyclic) bond motifs is 2. The molecule has 0 radical (unpaired) electrons. The van der Waals surface area contributed by atoms with Gasteiger partial charge in [0.2, 0.25) is 11.8 Å². The Hall–Kier alpha value is -3.19. The number of morpholine rings is 1. The van der Waals surface area contributed by atoms with Crippen molar-refractivity contribution in [2.45, 2.75) is 6.54 Å². The van der Waals surface area contributed by atoms with Crippen LogP contribution >= 0.6 is 0 Å². The molecule has 2 amide bonds. The van der Waals surface area contributed by atoms with Gasteiger partial charge in [-0.2, -0.15) is 0 Å². The van der Waals surface area contributed by atoms with Crippen LogP contribution in [0.5, 0.6) is 0 Å². The molecule has 2 aromatic carbocycles. The fraction of sp³-hybridized carbons (Fsp3) is 0.318. The SMILES string of the molecule is CN(CC(=O)N1CCOCC1)C(=O)Cn1c2ccccc2c(=O)c2ccccc21. The summed E-state index contributed by atoms with van der Waals surface area (Å²) >= 11 is 0. The van der Waals surface area contributed by atoms with E-state index in [1.807, 2.05) is 41.0 Å². The minimum Gasteiger partial charge on any atom is -0.378 e. The summed E-state index contributed by atoms with van der Waals surface area (Å²) in [5.74, 6) is -0.274. The summed E-state index contributed by atoms with van der Waals surface area (Å²) in [6, 6.07) is 14.6. The van der Waals surface area contributed by atoms with E-state index >= 15 is 0 Å². The highest BCUT2D eigenvalue weighted by Crippen LogP contribution is 2.19. The average Bonchev–Trinajstić information content (AvgIpc) is 2.77. The van der Waals surface area contributed by atoms with E-state index in [1.165, 1.54) is 4.90 Å². The number of likely N-dealkylation sites (N-methyl/N-ethyl adjacent to an activating group) is 1. The molecule has 0 unspecified atom stereocenters.